The molecule has 12 heavy (non-hydrogen) atoms. The Kier molecular flexibility index (Phi) is 1.54. The van der Waals surface area contributed by atoms with E-state index in [2.05, 4.69) is 15.1 Å². The molecule has 0 bridgehead atoms. The van der Waals surface area contributed by atoms with Crippen molar-refractivity contribution in [2.75, 3.05) is 0 Å². The average Bonchev–Trinajstić information content (AvgIpc) is 2.58. The Morgan fingerprint density at radius 2 is 2.50 bits per heavy atom. The van der Waals surface area contributed by atoms with E-state index in [0.29, 0.717) is 5.82 Å². The zero-order chi connectivity index (χ0) is 8.55. The molecule has 62 valence electrons. The van der Waals surface area contributed by atoms with E-state index in [-0.39, 0.29) is 5.69 Å². The van der Waals surface area contributed by atoms with Gasteiger partial charge in [-0.3, -0.25) is 0 Å². The van der Waals surface area contributed by atoms with Gasteiger partial charge in [-0.2, -0.15) is 4.98 Å². The van der Waals surface area contributed by atoms with E-state index in [1.165, 1.54) is 11.3 Å². The smallest absolute Gasteiger partial charge is 0.244 e. The van der Waals surface area contributed by atoms with Crippen molar-refractivity contribution in [3.8, 4) is 5.13 Å². The fourth-order valence-corrected chi connectivity index (χ4v) is 1.56. The minimum absolute atomic E-state index is 0.345. The minimum Gasteiger partial charge on any atom is -0.244 e. The summed E-state index contributed by atoms with van der Waals surface area (Å²) < 4.78 is 1.56. The third-order valence-electron chi connectivity index (χ3n) is 1.40. The van der Waals surface area contributed by atoms with Gasteiger partial charge in [0.15, 0.2) is 0 Å². The largest absolute Gasteiger partial charge is 0.361 e. The highest BCUT2D eigenvalue weighted by Crippen LogP contribution is 2.09. The van der Waals surface area contributed by atoms with Gasteiger partial charge in [-0.25, -0.2) is 19.6 Å². The predicted octanol–water partition coefficient (Wildman–Crippen LogP) is 0.326. The van der Waals surface area contributed by atoms with Gasteiger partial charge in [-0.15, -0.1) is 11.3 Å². The van der Waals surface area contributed by atoms with Crippen LogP contribution in [0.1, 0.15) is 5.82 Å². The molecule has 0 radical (unpaired) electrons. The molecule has 0 aliphatic carbocycles. The van der Waals surface area contributed by atoms with Crippen LogP contribution in [-0.4, -0.2) is 19.7 Å². The molecule has 0 atom stereocenters. The molecule has 0 fully saturated rings. The van der Waals surface area contributed by atoms with Gasteiger partial charge < -0.3 is 0 Å². The first-order valence-electron chi connectivity index (χ1n) is 3.33. The lowest BCUT2D eigenvalue weighted by Gasteiger charge is -1.95. The Balaban J connectivity index is 2.61. The van der Waals surface area contributed by atoms with Gasteiger partial charge in [0.25, 0.3) is 0 Å². The van der Waals surface area contributed by atoms with Crippen molar-refractivity contribution in [1.29, 1.82) is 0 Å². The van der Waals surface area contributed by atoms with E-state index in [1.807, 2.05) is 5.38 Å². The number of hydrogen-bond donors (Lipinski definition) is 1. The van der Waals surface area contributed by atoms with Crippen LogP contribution in [0, 0.1) is 6.92 Å². The molecule has 0 aliphatic heterocycles. The van der Waals surface area contributed by atoms with Crippen LogP contribution >= 0.6 is 11.3 Å². The highest BCUT2D eigenvalue weighted by molar-refractivity contribution is 7.12. The monoisotopic (exact) mass is 182 g/mol. The molecule has 6 heteroatoms. The Morgan fingerprint density at radius 1 is 1.67 bits per heavy atom. The van der Waals surface area contributed by atoms with Crippen molar-refractivity contribution in [1.82, 2.24) is 19.7 Å². The highest BCUT2D eigenvalue weighted by Gasteiger charge is 2.04. The van der Waals surface area contributed by atoms with Crippen LogP contribution in [0.25, 0.3) is 5.13 Å². The summed E-state index contributed by atoms with van der Waals surface area (Å²) in [7, 11) is 0. The number of aryl methyl sites for hydroxylation is 1. The highest BCUT2D eigenvalue weighted by atomic mass is 32.1. The van der Waals surface area contributed by atoms with Gasteiger partial charge >= 0.3 is 5.69 Å². The maximum Gasteiger partial charge on any atom is 0.361 e. The van der Waals surface area contributed by atoms with Crippen LogP contribution in [0.3, 0.4) is 0 Å². The van der Waals surface area contributed by atoms with Crippen molar-refractivity contribution >= 4 is 11.3 Å². The predicted molar refractivity (Wildman–Crippen MR) is 44.6 cm³/mol. The number of nitrogens with zero attached hydrogens (tertiary/aromatic N) is 3. The molecule has 2 heterocycles. The van der Waals surface area contributed by atoms with Crippen molar-refractivity contribution in [2.24, 2.45) is 0 Å². The van der Waals surface area contributed by atoms with E-state index >= 15 is 0 Å². The Bertz CT molecular complexity index is 427. The standard InChI is InChI=1S/C6H6N4OS/c1-4-8-5(11)9-10(4)6-7-2-3-12-6/h2-3H,1H3,(H,9,11). The topological polar surface area (TPSA) is 63.6 Å². The maximum atomic E-state index is 10.8. The summed E-state index contributed by atoms with van der Waals surface area (Å²) in [5.41, 5.74) is -0.345. The maximum absolute atomic E-state index is 10.8. The second-order valence-electron chi connectivity index (χ2n) is 2.23. The third kappa shape index (κ3) is 1.06. The number of aromatic nitrogens is 4. The van der Waals surface area contributed by atoms with Gasteiger partial charge in [-0.05, 0) is 6.92 Å². The molecule has 0 unspecified atom stereocenters. The third-order valence-corrected chi connectivity index (χ3v) is 2.16. The van der Waals surface area contributed by atoms with Crippen molar-refractivity contribution < 1.29 is 0 Å². The first kappa shape index (κ1) is 7.23. The van der Waals surface area contributed by atoms with Crippen LogP contribution in [0.2, 0.25) is 0 Å². The number of thiazole rings is 1. The van der Waals surface area contributed by atoms with Crippen LogP contribution in [0.4, 0.5) is 0 Å². The van der Waals surface area contributed by atoms with E-state index in [9.17, 15) is 4.79 Å². The van der Waals surface area contributed by atoms with Crippen LogP contribution in [-0.2, 0) is 0 Å². The van der Waals surface area contributed by atoms with Gasteiger partial charge in [0, 0.05) is 11.6 Å². The SMILES string of the molecule is Cc1nc(=O)[nH]n1-c1nccs1. The second kappa shape index (κ2) is 2.56. The zero-order valence-corrected chi connectivity index (χ0v) is 7.13. The molecule has 2 aromatic rings. The fraction of sp³-hybridized carbons (Fsp3) is 0.167. The lowest BCUT2D eigenvalue weighted by Crippen LogP contribution is -2.04. The van der Waals surface area contributed by atoms with Crippen molar-refractivity contribution in [3.05, 3.63) is 27.9 Å². The molecular formula is C6H6N4OS. The molecule has 0 aromatic carbocycles. The molecular weight excluding hydrogens is 176 g/mol. The van der Waals surface area contributed by atoms with E-state index in [1.54, 1.807) is 17.8 Å². The van der Waals surface area contributed by atoms with E-state index in [4.69, 9.17) is 0 Å². The lowest BCUT2D eigenvalue weighted by molar-refractivity contribution is 0.823. The lowest BCUT2D eigenvalue weighted by atomic mass is 10.7. The summed E-state index contributed by atoms with van der Waals surface area (Å²) in [5.74, 6) is 0.620. The second-order valence-corrected chi connectivity index (χ2v) is 3.10. The molecule has 0 amide bonds. The van der Waals surface area contributed by atoms with Gasteiger partial charge in [0.05, 0.1) is 0 Å². The molecule has 0 saturated carbocycles. The summed E-state index contributed by atoms with van der Waals surface area (Å²) in [6.07, 6.45) is 1.68. The summed E-state index contributed by atoms with van der Waals surface area (Å²) in [6.45, 7) is 1.75. The fourth-order valence-electron chi connectivity index (χ4n) is 0.911. The number of H-pyrrole nitrogens is 1. The Hall–Kier alpha value is -1.43. The summed E-state index contributed by atoms with van der Waals surface area (Å²) in [6, 6.07) is 0. The zero-order valence-electron chi connectivity index (χ0n) is 6.31. The molecule has 1 N–H and O–H groups in total. The summed E-state index contributed by atoms with van der Waals surface area (Å²) >= 11 is 1.45. The molecule has 0 saturated heterocycles. The first-order chi connectivity index (χ1) is 5.77. The van der Waals surface area contributed by atoms with Crippen LogP contribution in [0.5, 0.6) is 0 Å². The summed E-state index contributed by atoms with van der Waals surface area (Å²) in [4.78, 5) is 18.5. The number of hydrogen-bond acceptors (Lipinski definition) is 4. The average molecular weight is 182 g/mol. The normalized spacial score (nSPS) is 10.4. The van der Waals surface area contributed by atoms with Crippen LogP contribution in [0.15, 0.2) is 16.4 Å². The van der Waals surface area contributed by atoms with Gasteiger partial charge in [0.1, 0.15) is 5.82 Å². The molecule has 2 rings (SSSR count). The molecule has 5 nitrogen and oxygen atoms in total. The molecule has 0 spiro atoms. The van der Waals surface area contributed by atoms with E-state index in [0.717, 1.165) is 5.13 Å². The number of aromatic amines is 1. The van der Waals surface area contributed by atoms with Gasteiger partial charge in [0.2, 0.25) is 5.13 Å². The van der Waals surface area contributed by atoms with E-state index < -0.39 is 0 Å². The minimum atomic E-state index is -0.345. The van der Waals surface area contributed by atoms with Crippen LogP contribution < -0.4 is 5.69 Å². The Labute approximate surface area is 71.7 Å². The quantitative estimate of drug-likeness (QED) is 0.691. The Morgan fingerprint density at radius 3 is 3.00 bits per heavy atom. The molecule has 2 aromatic heterocycles. The summed E-state index contributed by atoms with van der Waals surface area (Å²) in [5, 5.41) is 5.11. The van der Waals surface area contributed by atoms with Crippen molar-refractivity contribution in [2.45, 2.75) is 6.92 Å². The van der Waals surface area contributed by atoms with Gasteiger partial charge in [-0.1, -0.05) is 0 Å². The number of rotatable bonds is 1. The number of nitrogens with one attached hydrogen (secondary N) is 1. The van der Waals surface area contributed by atoms with Crippen molar-refractivity contribution in [3.63, 3.8) is 0 Å². The molecule has 0 aliphatic rings. The first-order valence-corrected chi connectivity index (χ1v) is 4.21.